The molecule has 0 atom stereocenters. The second-order valence-electron chi connectivity index (χ2n) is 6.64. The second kappa shape index (κ2) is 8.77. The summed E-state index contributed by atoms with van der Waals surface area (Å²) in [5.41, 5.74) is 0.796. The number of methoxy groups -OCH3 is 1. The monoisotopic (exact) mass is 424 g/mol. The molecule has 0 saturated heterocycles. The molecule has 1 aromatic heterocycles. The number of halogens is 1. The highest BCUT2D eigenvalue weighted by Crippen LogP contribution is 2.27. The minimum Gasteiger partial charge on any atom is -0.496 e. The molecule has 0 aliphatic heterocycles. The van der Waals surface area contributed by atoms with Gasteiger partial charge in [-0.3, -0.25) is 4.79 Å². The Kier molecular flexibility index (Phi) is 5.92. The van der Waals surface area contributed by atoms with Crippen LogP contribution in [0.1, 0.15) is 17.3 Å². The predicted molar refractivity (Wildman–Crippen MR) is 117 cm³/mol. The van der Waals surface area contributed by atoms with Gasteiger partial charge in [-0.2, -0.15) is 4.99 Å². The zero-order chi connectivity index (χ0) is 21.1. The van der Waals surface area contributed by atoms with Gasteiger partial charge in [0.1, 0.15) is 11.6 Å². The molecule has 1 heterocycles. The quantitative estimate of drug-likeness (QED) is 0.419. The first-order valence-electron chi connectivity index (χ1n) is 9.63. The summed E-state index contributed by atoms with van der Waals surface area (Å²) in [6, 6.07) is 16.2. The van der Waals surface area contributed by atoms with Crippen LogP contribution in [0.5, 0.6) is 5.75 Å². The molecule has 30 heavy (non-hydrogen) atoms. The van der Waals surface area contributed by atoms with Crippen molar-refractivity contribution >= 4 is 38.2 Å². The molecule has 7 heteroatoms. The number of para-hydroxylation sites is 1. The molecule has 4 aromatic rings. The van der Waals surface area contributed by atoms with Crippen LogP contribution in [0.25, 0.3) is 21.0 Å². The minimum absolute atomic E-state index is 0.350. The van der Waals surface area contributed by atoms with Gasteiger partial charge in [-0.15, -0.1) is 0 Å². The van der Waals surface area contributed by atoms with Gasteiger partial charge in [-0.05, 0) is 42.0 Å². The van der Waals surface area contributed by atoms with Crippen molar-refractivity contribution in [2.75, 3.05) is 20.3 Å². The van der Waals surface area contributed by atoms with Gasteiger partial charge >= 0.3 is 0 Å². The zero-order valence-electron chi connectivity index (χ0n) is 16.7. The molecular formula is C23H21FN2O3S. The fraction of sp³-hybridized carbons (Fsp3) is 0.217. The normalized spacial score (nSPS) is 12.0. The summed E-state index contributed by atoms with van der Waals surface area (Å²) >= 11 is 1.28. The van der Waals surface area contributed by atoms with Gasteiger partial charge in [-0.1, -0.05) is 41.7 Å². The van der Waals surface area contributed by atoms with Crippen LogP contribution in [0, 0.1) is 5.82 Å². The number of amides is 1. The van der Waals surface area contributed by atoms with Crippen LogP contribution in [-0.4, -0.2) is 30.8 Å². The molecule has 0 spiro atoms. The maximum atomic E-state index is 14.5. The van der Waals surface area contributed by atoms with Gasteiger partial charge in [0.25, 0.3) is 5.91 Å². The number of carbonyl (C=O) groups is 1. The molecule has 0 radical (unpaired) electrons. The smallest absolute Gasteiger partial charge is 0.283 e. The molecule has 0 fully saturated rings. The third-order valence-corrected chi connectivity index (χ3v) is 5.85. The van der Waals surface area contributed by atoms with E-state index in [2.05, 4.69) is 4.99 Å². The topological polar surface area (TPSA) is 52.8 Å². The number of ether oxygens (including phenoxy) is 2. The van der Waals surface area contributed by atoms with Crippen molar-refractivity contribution in [1.82, 2.24) is 4.57 Å². The molecular weight excluding hydrogens is 403 g/mol. The third kappa shape index (κ3) is 3.86. The van der Waals surface area contributed by atoms with E-state index in [1.165, 1.54) is 24.5 Å². The average molecular weight is 424 g/mol. The molecule has 0 aliphatic rings. The minimum atomic E-state index is -0.435. The number of hydrogen-bond acceptors (Lipinski definition) is 4. The molecule has 4 rings (SSSR count). The van der Waals surface area contributed by atoms with Crippen molar-refractivity contribution in [3.05, 3.63) is 70.8 Å². The van der Waals surface area contributed by atoms with Crippen LogP contribution < -0.4 is 9.54 Å². The number of rotatable bonds is 6. The number of benzene rings is 3. The van der Waals surface area contributed by atoms with Crippen molar-refractivity contribution < 1.29 is 18.7 Å². The van der Waals surface area contributed by atoms with Crippen LogP contribution >= 0.6 is 11.3 Å². The van der Waals surface area contributed by atoms with E-state index in [1.54, 1.807) is 16.7 Å². The van der Waals surface area contributed by atoms with E-state index in [9.17, 15) is 9.18 Å². The standard InChI is InChI=1S/C23H21FN2O3S/c1-3-29-12-11-26-21-18(24)9-6-10-20(21)30-23(26)25-22(27)17-13-15-7-4-5-8-16(15)14-19(17)28-2/h4-10,13-14H,3,11-12H2,1-2H3. The van der Waals surface area contributed by atoms with Crippen molar-refractivity contribution in [2.45, 2.75) is 13.5 Å². The van der Waals surface area contributed by atoms with Crippen LogP contribution in [0.15, 0.2) is 59.6 Å². The number of aromatic nitrogens is 1. The third-order valence-electron chi connectivity index (χ3n) is 4.81. The summed E-state index contributed by atoms with van der Waals surface area (Å²) in [6.07, 6.45) is 0. The summed E-state index contributed by atoms with van der Waals surface area (Å²) in [5, 5.41) is 1.89. The first kappa shape index (κ1) is 20.3. The largest absolute Gasteiger partial charge is 0.496 e. The fourth-order valence-electron chi connectivity index (χ4n) is 3.38. The summed E-state index contributed by atoms with van der Waals surface area (Å²) in [5.74, 6) is -0.331. The summed E-state index contributed by atoms with van der Waals surface area (Å²) in [6.45, 7) is 3.26. The van der Waals surface area contributed by atoms with Crippen molar-refractivity contribution in [3.8, 4) is 5.75 Å². The van der Waals surface area contributed by atoms with Crippen LogP contribution in [0.2, 0.25) is 0 Å². The average Bonchev–Trinajstić information content (AvgIpc) is 3.11. The van der Waals surface area contributed by atoms with Gasteiger partial charge in [0.05, 0.1) is 29.5 Å². The number of thiazole rings is 1. The molecule has 0 N–H and O–H groups in total. The number of nitrogens with zero attached hydrogens (tertiary/aromatic N) is 2. The fourth-order valence-corrected chi connectivity index (χ4v) is 4.45. The molecule has 3 aromatic carbocycles. The highest BCUT2D eigenvalue weighted by molar-refractivity contribution is 7.16. The highest BCUT2D eigenvalue weighted by atomic mass is 32.1. The Morgan fingerprint density at radius 2 is 1.90 bits per heavy atom. The van der Waals surface area contributed by atoms with Crippen LogP contribution in [-0.2, 0) is 11.3 Å². The van der Waals surface area contributed by atoms with E-state index in [1.807, 2.05) is 43.3 Å². The van der Waals surface area contributed by atoms with Gasteiger partial charge in [0, 0.05) is 13.2 Å². The van der Waals surface area contributed by atoms with Gasteiger partial charge in [0.15, 0.2) is 4.80 Å². The van der Waals surface area contributed by atoms with Gasteiger partial charge in [0.2, 0.25) is 0 Å². The van der Waals surface area contributed by atoms with E-state index < -0.39 is 5.91 Å². The Bertz CT molecular complexity index is 1290. The number of carbonyl (C=O) groups excluding carboxylic acids is 1. The van der Waals surface area contributed by atoms with Gasteiger partial charge in [-0.25, -0.2) is 4.39 Å². The summed E-state index contributed by atoms with van der Waals surface area (Å²) in [4.78, 5) is 17.9. The zero-order valence-corrected chi connectivity index (χ0v) is 17.5. The Hall–Kier alpha value is -3.03. The first-order chi connectivity index (χ1) is 14.6. The Balaban J connectivity index is 1.85. The van der Waals surface area contributed by atoms with E-state index >= 15 is 0 Å². The van der Waals surface area contributed by atoms with E-state index in [-0.39, 0.29) is 5.82 Å². The molecule has 5 nitrogen and oxygen atoms in total. The molecule has 0 aliphatic carbocycles. The summed E-state index contributed by atoms with van der Waals surface area (Å²) in [7, 11) is 1.53. The number of hydrogen-bond donors (Lipinski definition) is 0. The molecule has 1 amide bonds. The van der Waals surface area contributed by atoms with Crippen LogP contribution in [0.3, 0.4) is 0 Å². The summed E-state index contributed by atoms with van der Waals surface area (Å²) < 4.78 is 27.8. The number of fused-ring (bicyclic) bond motifs is 2. The Labute approximate surface area is 177 Å². The Morgan fingerprint density at radius 3 is 2.63 bits per heavy atom. The van der Waals surface area contributed by atoms with E-state index in [4.69, 9.17) is 9.47 Å². The molecule has 0 bridgehead atoms. The maximum Gasteiger partial charge on any atom is 0.283 e. The van der Waals surface area contributed by atoms with Crippen LogP contribution in [0.4, 0.5) is 4.39 Å². The lowest BCUT2D eigenvalue weighted by atomic mass is 10.1. The van der Waals surface area contributed by atoms with Crippen molar-refractivity contribution in [2.24, 2.45) is 4.99 Å². The lowest BCUT2D eigenvalue weighted by Gasteiger charge is -2.08. The lowest BCUT2D eigenvalue weighted by Crippen LogP contribution is -2.20. The predicted octanol–water partition coefficient (Wildman–Crippen LogP) is 4.78. The SMILES string of the molecule is CCOCCn1c(=NC(=O)c2cc3ccccc3cc2OC)sc2cccc(F)c21. The molecule has 0 unspecified atom stereocenters. The van der Waals surface area contributed by atoms with Gasteiger partial charge < -0.3 is 14.0 Å². The van der Waals surface area contributed by atoms with Crippen molar-refractivity contribution in [3.63, 3.8) is 0 Å². The maximum absolute atomic E-state index is 14.5. The molecule has 0 saturated carbocycles. The van der Waals surface area contributed by atoms with E-state index in [0.717, 1.165) is 15.5 Å². The van der Waals surface area contributed by atoms with Crippen molar-refractivity contribution in [1.29, 1.82) is 0 Å². The van der Waals surface area contributed by atoms with E-state index in [0.29, 0.717) is 41.4 Å². The molecule has 154 valence electrons. The first-order valence-corrected chi connectivity index (χ1v) is 10.5. The Morgan fingerprint density at radius 1 is 1.13 bits per heavy atom. The lowest BCUT2D eigenvalue weighted by molar-refractivity contribution is 0.0994. The second-order valence-corrected chi connectivity index (χ2v) is 7.65. The highest BCUT2D eigenvalue weighted by Gasteiger charge is 2.16.